The van der Waals surface area contributed by atoms with Gasteiger partial charge in [0.25, 0.3) is 10.1 Å². The summed E-state index contributed by atoms with van der Waals surface area (Å²) in [5.74, 6) is -0.0993. The van der Waals surface area contributed by atoms with E-state index in [1.54, 1.807) is 6.07 Å². The Hall–Kier alpha value is -1.44. The van der Waals surface area contributed by atoms with Crippen LogP contribution in [0.1, 0.15) is 18.1 Å². The largest absolute Gasteiger partial charge is 0.412 e. The van der Waals surface area contributed by atoms with Gasteiger partial charge in [-0.15, -0.1) is 0 Å². The molecule has 2 rings (SSSR count). The molecule has 1 aliphatic rings. The van der Waals surface area contributed by atoms with Crippen LogP contribution in [0.4, 0.5) is 0 Å². The molecule has 100 valence electrons. The predicted octanol–water partition coefficient (Wildman–Crippen LogP) is -0.288. The quantitative estimate of drug-likeness (QED) is 0.720. The van der Waals surface area contributed by atoms with Crippen LogP contribution in [0.15, 0.2) is 23.1 Å². The summed E-state index contributed by atoms with van der Waals surface area (Å²) in [5.41, 5.74) is 1.87. The Labute approximate surface area is 105 Å². The molecule has 0 radical (unpaired) electrons. The van der Waals surface area contributed by atoms with Crippen molar-refractivity contribution in [3.05, 3.63) is 29.3 Å². The number of amides is 1. The number of carbonyl (C=O) groups excluding carboxylic acids is 1. The Balaban J connectivity index is 0.00000162. The summed E-state index contributed by atoms with van der Waals surface area (Å²) < 4.78 is 30.9. The maximum Gasteiger partial charge on any atom is 0.294 e. The van der Waals surface area contributed by atoms with Gasteiger partial charge < -0.3 is 10.8 Å². The van der Waals surface area contributed by atoms with Crippen LogP contribution in [0.2, 0.25) is 0 Å². The average Bonchev–Trinajstić information content (AvgIpc) is 2.55. The predicted molar refractivity (Wildman–Crippen MR) is 64.9 cm³/mol. The first-order valence-corrected chi connectivity index (χ1v) is 6.66. The minimum Gasteiger partial charge on any atom is -0.412 e. The van der Waals surface area contributed by atoms with Crippen molar-refractivity contribution in [1.82, 2.24) is 5.32 Å². The van der Waals surface area contributed by atoms with Crippen molar-refractivity contribution in [1.29, 1.82) is 0 Å². The highest BCUT2D eigenvalue weighted by molar-refractivity contribution is 7.85. The van der Waals surface area contributed by atoms with Crippen molar-refractivity contribution < 1.29 is 23.2 Å². The minimum absolute atomic E-state index is 0. The van der Waals surface area contributed by atoms with Gasteiger partial charge in [0.15, 0.2) is 0 Å². The van der Waals surface area contributed by atoms with Gasteiger partial charge in [-0.25, -0.2) is 0 Å². The molecule has 1 atom stereocenters. The highest BCUT2D eigenvalue weighted by atomic mass is 32.2. The zero-order chi connectivity index (χ0) is 12.6. The fourth-order valence-corrected chi connectivity index (χ4v) is 2.68. The normalized spacial score (nSPS) is 17.8. The fraction of sp³-hybridized carbons (Fsp3) is 0.364. The molecule has 4 N–H and O–H groups in total. The third-order valence-corrected chi connectivity index (χ3v) is 3.67. The van der Waals surface area contributed by atoms with Crippen LogP contribution in [0.5, 0.6) is 0 Å². The summed E-state index contributed by atoms with van der Waals surface area (Å²) in [5, 5.41) is 2.80. The molecule has 1 aromatic carbocycles. The van der Waals surface area contributed by atoms with Gasteiger partial charge in [0.05, 0.1) is 4.90 Å². The fourth-order valence-electron chi connectivity index (χ4n) is 2.14. The molecular formula is C11H15NO5S. The number of benzene rings is 1. The summed E-state index contributed by atoms with van der Waals surface area (Å²) in [7, 11) is -4.15. The van der Waals surface area contributed by atoms with Gasteiger partial charge in [-0.2, -0.15) is 8.42 Å². The molecule has 7 heteroatoms. The van der Waals surface area contributed by atoms with Crippen molar-refractivity contribution >= 4 is 16.0 Å². The first-order chi connectivity index (χ1) is 7.86. The van der Waals surface area contributed by atoms with Crippen molar-refractivity contribution in [3.8, 4) is 0 Å². The van der Waals surface area contributed by atoms with E-state index < -0.39 is 10.1 Å². The SMILES string of the molecule is CC(=O)NC1Cc2ccc(S(=O)(=O)O)cc2C1.O. The third-order valence-electron chi connectivity index (χ3n) is 2.82. The van der Waals surface area contributed by atoms with Crippen LogP contribution in [0, 0.1) is 0 Å². The molecule has 18 heavy (non-hydrogen) atoms. The Kier molecular flexibility index (Phi) is 4.10. The lowest BCUT2D eigenvalue weighted by Gasteiger charge is -2.08. The van der Waals surface area contributed by atoms with Gasteiger partial charge in [-0.3, -0.25) is 9.35 Å². The van der Waals surface area contributed by atoms with Crippen molar-refractivity contribution in [3.63, 3.8) is 0 Å². The minimum atomic E-state index is -4.15. The zero-order valence-corrected chi connectivity index (χ0v) is 10.6. The number of carbonyl (C=O) groups is 1. The summed E-state index contributed by atoms with van der Waals surface area (Å²) in [6.07, 6.45) is 1.29. The molecule has 0 aromatic heterocycles. The van der Waals surface area contributed by atoms with Gasteiger partial charge >= 0.3 is 0 Å². The number of hydrogen-bond donors (Lipinski definition) is 2. The lowest BCUT2D eigenvalue weighted by Crippen LogP contribution is -2.33. The smallest absolute Gasteiger partial charge is 0.294 e. The Morgan fingerprint density at radius 3 is 2.50 bits per heavy atom. The van der Waals surface area contributed by atoms with Gasteiger partial charge in [0.2, 0.25) is 5.91 Å². The van der Waals surface area contributed by atoms with Gasteiger partial charge in [-0.05, 0) is 36.1 Å². The second-order valence-corrected chi connectivity index (χ2v) is 5.63. The second kappa shape index (κ2) is 5.05. The van der Waals surface area contributed by atoms with E-state index in [0.29, 0.717) is 12.8 Å². The van der Waals surface area contributed by atoms with E-state index in [-0.39, 0.29) is 22.3 Å². The first-order valence-electron chi connectivity index (χ1n) is 5.22. The lowest BCUT2D eigenvalue weighted by atomic mass is 10.1. The third kappa shape index (κ3) is 3.06. The van der Waals surface area contributed by atoms with Crippen LogP contribution in [0.25, 0.3) is 0 Å². The van der Waals surface area contributed by atoms with Crippen molar-refractivity contribution in [2.75, 3.05) is 0 Å². The molecule has 6 nitrogen and oxygen atoms in total. The molecule has 0 saturated heterocycles. The molecule has 0 bridgehead atoms. The van der Waals surface area contributed by atoms with E-state index >= 15 is 0 Å². The average molecular weight is 273 g/mol. The molecule has 0 aliphatic heterocycles. The standard InChI is InChI=1S/C11H13NO4S.H2O/c1-7(13)12-10-4-8-2-3-11(17(14,15)16)6-9(8)5-10;/h2-3,6,10H,4-5H2,1H3,(H,12,13)(H,14,15,16);1H2. The lowest BCUT2D eigenvalue weighted by molar-refractivity contribution is -0.119. The van der Waals surface area contributed by atoms with Gasteiger partial charge in [0.1, 0.15) is 0 Å². The van der Waals surface area contributed by atoms with E-state index in [1.165, 1.54) is 19.1 Å². The summed E-state index contributed by atoms with van der Waals surface area (Å²) in [6.45, 7) is 1.45. The van der Waals surface area contributed by atoms with Crippen LogP contribution in [-0.4, -0.2) is 30.4 Å². The molecule has 1 aliphatic carbocycles. The van der Waals surface area contributed by atoms with Crippen LogP contribution < -0.4 is 5.32 Å². The number of rotatable bonds is 2. The molecule has 0 spiro atoms. The maximum absolute atomic E-state index is 11.0. The topological polar surface area (TPSA) is 115 Å². The van der Waals surface area contributed by atoms with E-state index in [9.17, 15) is 13.2 Å². The number of fused-ring (bicyclic) bond motifs is 1. The summed E-state index contributed by atoms with van der Waals surface area (Å²) in [6, 6.07) is 4.54. The number of hydrogen-bond acceptors (Lipinski definition) is 3. The maximum atomic E-state index is 11.0. The molecule has 0 saturated carbocycles. The highest BCUT2D eigenvalue weighted by Crippen LogP contribution is 2.25. The highest BCUT2D eigenvalue weighted by Gasteiger charge is 2.23. The molecule has 0 fully saturated rings. The Morgan fingerprint density at radius 1 is 1.33 bits per heavy atom. The van der Waals surface area contributed by atoms with E-state index in [1.807, 2.05) is 0 Å². The molecule has 1 unspecified atom stereocenters. The van der Waals surface area contributed by atoms with Gasteiger partial charge in [-0.1, -0.05) is 6.07 Å². The Bertz CT molecular complexity index is 567. The second-order valence-electron chi connectivity index (χ2n) is 4.21. The monoisotopic (exact) mass is 273 g/mol. The molecule has 1 amide bonds. The molecule has 0 heterocycles. The molecule has 1 aromatic rings. The van der Waals surface area contributed by atoms with Crippen LogP contribution in [-0.2, 0) is 27.8 Å². The van der Waals surface area contributed by atoms with Crippen molar-refractivity contribution in [2.45, 2.75) is 30.7 Å². The molecular weight excluding hydrogens is 258 g/mol. The van der Waals surface area contributed by atoms with E-state index in [4.69, 9.17) is 4.55 Å². The first kappa shape index (κ1) is 14.6. The zero-order valence-electron chi connectivity index (χ0n) is 9.80. The van der Waals surface area contributed by atoms with E-state index in [2.05, 4.69) is 5.32 Å². The van der Waals surface area contributed by atoms with E-state index in [0.717, 1.165) is 11.1 Å². The summed E-state index contributed by atoms with van der Waals surface area (Å²) in [4.78, 5) is 10.8. The van der Waals surface area contributed by atoms with Crippen LogP contribution >= 0.6 is 0 Å². The van der Waals surface area contributed by atoms with Crippen LogP contribution in [0.3, 0.4) is 0 Å². The van der Waals surface area contributed by atoms with Crippen molar-refractivity contribution in [2.24, 2.45) is 0 Å². The number of nitrogens with one attached hydrogen (secondary N) is 1. The van der Waals surface area contributed by atoms with Gasteiger partial charge in [0, 0.05) is 13.0 Å². The Morgan fingerprint density at radius 2 is 1.94 bits per heavy atom. The summed E-state index contributed by atoms with van der Waals surface area (Å²) >= 11 is 0.